The molecule has 2 N–H and O–H groups in total. The maximum absolute atomic E-state index is 11.5. The topological polar surface area (TPSA) is 63.2 Å². The van der Waals surface area contributed by atoms with Crippen LogP contribution < -0.4 is 15.4 Å². The average Bonchev–Trinajstić information content (AvgIpc) is 2.79. The van der Waals surface area contributed by atoms with E-state index in [9.17, 15) is 4.79 Å². The van der Waals surface area contributed by atoms with E-state index < -0.39 is 0 Å². The van der Waals surface area contributed by atoms with Crippen molar-refractivity contribution in [3.63, 3.8) is 0 Å². The number of fused-ring (bicyclic) bond motifs is 1. The van der Waals surface area contributed by atoms with Crippen molar-refractivity contribution in [3.8, 4) is 5.75 Å². The van der Waals surface area contributed by atoms with Gasteiger partial charge in [-0.05, 0) is 32.0 Å². The van der Waals surface area contributed by atoms with Crippen molar-refractivity contribution in [1.29, 1.82) is 0 Å². The number of hydrogen-bond donors (Lipinski definition) is 2. The number of hydrogen-bond acceptors (Lipinski definition) is 5. The summed E-state index contributed by atoms with van der Waals surface area (Å²) in [4.78, 5) is 16.0. The number of carbonyl (C=O) groups excluding carboxylic acids is 1. The molecule has 0 saturated heterocycles. The van der Waals surface area contributed by atoms with Gasteiger partial charge in [0.2, 0.25) is 5.91 Å². The van der Waals surface area contributed by atoms with E-state index >= 15 is 0 Å². The molecule has 0 bridgehead atoms. The largest absolute Gasteiger partial charge is 0.497 e. The number of thiazole rings is 1. The molecule has 0 fully saturated rings. The molecule has 5 nitrogen and oxygen atoms in total. The molecule has 20 heavy (non-hydrogen) atoms. The fraction of sp³-hybridized carbons (Fsp3) is 0.429. The molecule has 1 amide bonds. The maximum atomic E-state index is 11.5. The number of benzene rings is 1. The zero-order valence-corrected chi connectivity index (χ0v) is 12.7. The Morgan fingerprint density at radius 3 is 2.95 bits per heavy atom. The van der Waals surface area contributed by atoms with Crippen molar-refractivity contribution in [2.24, 2.45) is 0 Å². The summed E-state index contributed by atoms with van der Waals surface area (Å²) >= 11 is 1.56. The van der Waals surface area contributed by atoms with E-state index in [-0.39, 0.29) is 11.9 Å². The number of anilines is 1. The highest BCUT2D eigenvalue weighted by Gasteiger charge is 2.06. The summed E-state index contributed by atoms with van der Waals surface area (Å²) in [6.45, 7) is 4.48. The lowest BCUT2D eigenvalue weighted by Crippen LogP contribution is -2.31. The number of ether oxygens (including phenoxy) is 1. The number of amides is 1. The first kappa shape index (κ1) is 14.6. The monoisotopic (exact) mass is 293 g/mol. The first-order valence-corrected chi connectivity index (χ1v) is 7.38. The summed E-state index contributed by atoms with van der Waals surface area (Å²) in [6.07, 6.45) is 0.442. The van der Waals surface area contributed by atoms with Crippen LogP contribution in [-0.4, -0.2) is 30.6 Å². The summed E-state index contributed by atoms with van der Waals surface area (Å²) in [5, 5.41) is 6.86. The molecule has 1 aromatic heterocycles. The summed E-state index contributed by atoms with van der Waals surface area (Å²) in [5.74, 6) is 0.874. The minimum Gasteiger partial charge on any atom is -0.497 e. The van der Waals surface area contributed by atoms with Crippen LogP contribution in [0.3, 0.4) is 0 Å². The van der Waals surface area contributed by atoms with Gasteiger partial charge < -0.3 is 15.4 Å². The van der Waals surface area contributed by atoms with Crippen LogP contribution >= 0.6 is 11.3 Å². The van der Waals surface area contributed by atoms with E-state index in [0.717, 1.165) is 21.1 Å². The highest BCUT2D eigenvalue weighted by atomic mass is 32.1. The molecule has 0 aliphatic heterocycles. The third-order valence-corrected chi connectivity index (χ3v) is 3.65. The Morgan fingerprint density at radius 1 is 1.45 bits per heavy atom. The summed E-state index contributed by atoms with van der Waals surface area (Å²) < 4.78 is 6.25. The normalized spacial score (nSPS) is 10.8. The molecule has 2 aromatic rings. The fourth-order valence-electron chi connectivity index (χ4n) is 1.78. The zero-order chi connectivity index (χ0) is 14.5. The van der Waals surface area contributed by atoms with Gasteiger partial charge in [0, 0.05) is 19.0 Å². The van der Waals surface area contributed by atoms with Crippen LogP contribution in [0.25, 0.3) is 10.2 Å². The number of nitrogens with zero attached hydrogens (tertiary/aromatic N) is 1. The lowest BCUT2D eigenvalue weighted by atomic mass is 10.3. The van der Waals surface area contributed by atoms with Gasteiger partial charge in [0.1, 0.15) is 5.75 Å². The van der Waals surface area contributed by atoms with E-state index in [2.05, 4.69) is 15.6 Å². The first-order valence-electron chi connectivity index (χ1n) is 6.56. The summed E-state index contributed by atoms with van der Waals surface area (Å²) in [7, 11) is 1.65. The standard InChI is InChI=1S/C14H19N3O2S/c1-9(2)16-13(18)6-7-15-14-17-11-5-4-10(19-3)8-12(11)20-14/h4-5,8-9H,6-7H2,1-3H3,(H,15,17)(H,16,18). The summed E-state index contributed by atoms with van der Waals surface area (Å²) in [5.41, 5.74) is 0.935. The van der Waals surface area contributed by atoms with Gasteiger partial charge in [0.25, 0.3) is 0 Å². The SMILES string of the molecule is COc1ccc2nc(NCCC(=O)NC(C)C)sc2c1. The molecule has 0 aliphatic rings. The van der Waals surface area contributed by atoms with Crippen LogP contribution in [-0.2, 0) is 4.79 Å². The number of rotatable bonds is 6. The molecule has 0 unspecified atom stereocenters. The van der Waals surface area contributed by atoms with E-state index in [0.29, 0.717) is 13.0 Å². The van der Waals surface area contributed by atoms with Gasteiger partial charge in [0.15, 0.2) is 5.13 Å². The lowest BCUT2D eigenvalue weighted by Gasteiger charge is -2.08. The van der Waals surface area contributed by atoms with Gasteiger partial charge in [-0.3, -0.25) is 4.79 Å². The third kappa shape index (κ3) is 3.84. The third-order valence-electron chi connectivity index (χ3n) is 2.67. The number of aromatic nitrogens is 1. The number of methoxy groups -OCH3 is 1. The molecule has 0 radical (unpaired) electrons. The first-order chi connectivity index (χ1) is 9.58. The van der Waals surface area contributed by atoms with Gasteiger partial charge in [-0.25, -0.2) is 4.98 Å². The van der Waals surface area contributed by atoms with E-state index in [1.54, 1.807) is 18.4 Å². The second-order valence-corrected chi connectivity index (χ2v) is 5.78. The van der Waals surface area contributed by atoms with E-state index in [1.807, 2.05) is 32.0 Å². The van der Waals surface area contributed by atoms with Crippen molar-refractivity contribution in [2.75, 3.05) is 19.0 Å². The molecule has 1 heterocycles. The molecule has 1 aromatic carbocycles. The van der Waals surface area contributed by atoms with Gasteiger partial charge in [-0.1, -0.05) is 11.3 Å². The smallest absolute Gasteiger partial charge is 0.221 e. The minimum atomic E-state index is 0.0512. The molecule has 6 heteroatoms. The van der Waals surface area contributed by atoms with Crippen LogP contribution in [0, 0.1) is 0 Å². The fourth-order valence-corrected chi connectivity index (χ4v) is 2.70. The molecular weight excluding hydrogens is 274 g/mol. The Kier molecular flexibility index (Phi) is 4.79. The molecule has 0 saturated carbocycles. The van der Waals surface area contributed by atoms with Gasteiger partial charge >= 0.3 is 0 Å². The quantitative estimate of drug-likeness (QED) is 0.859. The van der Waals surface area contributed by atoms with Crippen molar-refractivity contribution in [1.82, 2.24) is 10.3 Å². The Morgan fingerprint density at radius 2 is 2.25 bits per heavy atom. The second kappa shape index (κ2) is 6.56. The number of carbonyl (C=O) groups is 1. The predicted octanol–water partition coefficient (Wildman–Crippen LogP) is 2.63. The Hall–Kier alpha value is -1.82. The Labute approximate surface area is 122 Å². The van der Waals surface area contributed by atoms with Crippen molar-refractivity contribution in [2.45, 2.75) is 26.3 Å². The van der Waals surface area contributed by atoms with Crippen molar-refractivity contribution >= 4 is 32.6 Å². The Bertz CT molecular complexity index is 595. The minimum absolute atomic E-state index is 0.0512. The molecule has 0 atom stereocenters. The van der Waals surface area contributed by atoms with Crippen molar-refractivity contribution < 1.29 is 9.53 Å². The molecular formula is C14H19N3O2S. The van der Waals surface area contributed by atoms with Crippen molar-refractivity contribution in [3.05, 3.63) is 18.2 Å². The van der Waals surface area contributed by atoms with E-state index in [1.165, 1.54) is 0 Å². The van der Waals surface area contributed by atoms with Gasteiger partial charge in [0.05, 0.1) is 17.3 Å². The Balaban J connectivity index is 1.92. The van der Waals surface area contributed by atoms with Crippen LogP contribution in [0.15, 0.2) is 18.2 Å². The summed E-state index contributed by atoms with van der Waals surface area (Å²) in [6, 6.07) is 5.96. The lowest BCUT2D eigenvalue weighted by molar-refractivity contribution is -0.121. The maximum Gasteiger partial charge on any atom is 0.221 e. The van der Waals surface area contributed by atoms with Crippen LogP contribution in [0.4, 0.5) is 5.13 Å². The highest BCUT2D eigenvalue weighted by Crippen LogP contribution is 2.28. The predicted molar refractivity (Wildman–Crippen MR) is 82.6 cm³/mol. The van der Waals surface area contributed by atoms with Crippen LogP contribution in [0.5, 0.6) is 5.75 Å². The molecule has 108 valence electrons. The highest BCUT2D eigenvalue weighted by molar-refractivity contribution is 7.22. The molecule has 2 rings (SSSR count). The zero-order valence-electron chi connectivity index (χ0n) is 11.9. The van der Waals surface area contributed by atoms with E-state index in [4.69, 9.17) is 4.74 Å². The number of nitrogens with one attached hydrogen (secondary N) is 2. The van der Waals surface area contributed by atoms with Gasteiger partial charge in [-0.15, -0.1) is 0 Å². The van der Waals surface area contributed by atoms with Gasteiger partial charge in [-0.2, -0.15) is 0 Å². The second-order valence-electron chi connectivity index (χ2n) is 4.75. The van der Waals surface area contributed by atoms with Crippen LogP contribution in [0.2, 0.25) is 0 Å². The molecule has 0 spiro atoms. The van der Waals surface area contributed by atoms with Crippen LogP contribution in [0.1, 0.15) is 20.3 Å². The molecule has 0 aliphatic carbocycles. The average molecular weight is 293 g/mol.